The lowest BCUT2D eigenvalue weighted by Gasteiger charge is -2.04. The average Bonchev–Trinajstić information content (AvgIpc) is 3.22. The van der Waals surface area contributed by atoms with Crippen LogP contribution in [0.3, 0.4) is 0 Å². The number of nitrogens with zero attached hydrogens (tertiary/aromatic N) is 4. The van der Waals surface area contributed by atoms with Crippen molar-refractivity contribution in [1.29, 1.82) is 5.26 Å². The first-order valence-electron chi connectivity index (χ1n) is 7.54. The number of anilines is 1. The van der Waals surface area contributed by atoms with Gasteiger partial charge in [0.1, 0.15) is 11.6 Å². The SMILES string of the molecule is Cc1nn(-c2ccccc2)c(C)c1C=C(C#N)C(=O)Nc1nccs1. The zero-order chi connectivity index (χ0) is 17.8. The number of nitrogens with one attached hydrogen (secondary N) is 1. The van der Waals surface area contributed by atoms with E-state index >= 15 is 0 Å². The Morgan fingerprint density at radius 1 is 1.32 bits per heavy atom. The van der Waals surface area contributed by atoms with Gasteiger partial charge in [0, 0.05) is 22.8 Å². The molecule has 0 fully saturated rings. The molecule has 7 heteroatoms. The van der Waals surface area contributed by atoms with E-state index in [4.69, 9.17) is 0 Å². The minimum Gasteiger partial charge on any atom is -0.297 e. The highest BCUT2D eigenvalue weighted by molar-refractivity contribution is 7.13. The molecule has 0 aliphatic rings. The maximum atomic E-state index is 12.3. The van der Waals surface area contributed by atoms with Gasteiger partial charge < -0.3 is 0 Å². The Morgan fingerprint density at radius 2 is 2.08 bits per heavy atom. The summed E-state index contributed by atoms with van der Waals surface area (Å²) in [5, 5.41) is 18.7. The fourth-order valence-corrected chi connectivity index (χ4v) is 2.95. The summed E-state index contributed by atoms with van der Waals surface area (Å²) in [6.07, 6.45) is 3.16. The third kappa shape index (κ3) is 3.49. The van der Waals surface area contributed by atoms with E-state index in [0.29, 0.717) is 5.13 Å². The Kier molecular flexibility index (Phi) is 4.73. The third-order valence-corrected chi connectivity index (χ3v) is 4.34. The van der Waals surface area contributed by atoms with Crippen LogP contribution in [0.1, 0.15) is 17.0 Å². The molecule has 0 unspecified atom stereocenters. The average molecular weight is 349 g/mol. The molecule has 0 saturated carbocycles. The van der Waals surface area contributed by atoms with Gasteiger partial charge in [0.15, 0.2) is 5.13 Å². The number of aromatic nitrogens is 3. The molecule has 1 N–H and O–H groups in total. The maximum absolute atomic E-state index is 12.3. The second-order valence-electron chi connectivity index (χ2n) is 5.29. The molecule has 25 heavy (non-hydrogen) atoms. The van der Waals surface area contributed by atoms with Crippen LogP contribution in [-0.2, 0) is 4.79 Å². The van der Waals surface area contributed by atoms with Crippen molar-refractivity contribution in [2.75, 3.05) is 5.32 Å². The van der Waals surface area contributed by atoms with Crippen molar-refractivity contribution in [2.24, 2.45) is 0 Å². The van der Waals surface area contributed by atoms with Crippen LogP contribution in [0.15, 0.2) is 47.5 Å². The van der Waals surface area contributed by atoms with Crippen molar-refractivity contribution >= 4 is 28.5 Å². The zero-order valence-corrected chi connectivity index (χ0v) is 14.5. The summed E-state index contributed by atoms with van der Waals surface area (Å²) >= 11 is 1.30. The van der Waals surface area contributed by atoms with Crippen LogP contribution in [0, 0.1) is 25.2 Å². The Balaban J connectivity index is 1.95. The van der Waals surface area contributed by atoms with Gasteiger partial charge >= 0.3 is 0 Å². The summed E-state index contributed by atoms with van der Waals surface area (Å²) in [5.74, 6) is -0.483. The number of para-hydroxylation sites is 1. The molecule has 0 aliphatic heterocycles. The molecule has 2 aromatic heterocycles. The van der Waals surface area contributed by atoms with Crippen LogP contribution < -0.4 is 5.32 Å². The molecule has 0 atom stereocenters. The molecule has 3 rings (SSSR count). The highest BCUT2D eigenvalue weighted by Gasteiger charge is 2.16. The number of nitriles is 1. The number of benzene rings is 1. The Bertz CT molecular complexity index is 965. The van der Waals surface area contributed by atoms with Gasteiger partial charge in [0.25, 0.3) is 5.91 Å². The van der Waals surface area contributed by atoms with Gasteiger partial charge in [-0.1, -0.05) is 18.2 Å². The summed E-state index contributed by atoms with van der Waals surface area (Å²) in [7, 11) is 0. The van der Waals surface area contributed by atoms with E-state index in [9.17, 15) is 10.1 Å². The number of carbonyl (C=O) groups excluding carboxylic acids is 1. The van der Waals surface area contributed by atoms with Crippen LogP contribution in [-0.4, -0.2) is 20.7 Å². The second-order valence-corrected chi connectivity index (χ2v) is 6.19. The smallest absolute Gasteiger partial charge is 0.268 e. The van der Waals surface area contributed by atoms with Gasteiger partial charge in [-0.05, 0) is 32.1 Å². The predicted octanol–water partition coefficient (Wildman–Crippen LogP) is 3.49. The van der Waals surface area contributed by atoms with E-state index in [1.54, 1.807) is 22.3 Å². The van der Waals surface area contributed by atoms with Crippen molar-refractivity contribution in [2.45, 2.75) is 13.8 Å². The van der Waals surface area contributed by atoms with E-state index in [1.807, 2.05) is 50.2 Å². The Hall–Kier alpha value is -3.24. The first-order chi connectivity index (χ1) is 12.1. The number of amides is 1. The van der Waals surface area contributed by atoms with E-state index in [-0.39, 0.29) is 5.57 Å². The molecular weight excluding hydrogens is 334 g/mol. The Labute approximate surface area is 149 Å². The molecule has 1 amide bonds. The van der Waals surface area contributed by atoms with Gasteiger partial charge in [0.05, 0.1) is 11.4 Å². The van der Waals surface area contributed by atoms with Gasteiger partial charge in [0.2, 0.25) is 0 Å². The molecular formula is C18H15N5OS. The van der Waals surface area contributed by atoms with Crippen molar-refractivity contribution < 1.29 is 4.79 Å². The van der Waals surface area contributed by atoms with Crippen molar-refractivity contribution in [3.63, 3.8) is 0 Å². The summed E-state index contributed by atoms with van der Waals surface area (Å²) in [6, 6.07) is 11.7. The minimum absolute atomic E-state index is 0.00834. The normalized spacial score (nSPS) is 11.2. The fraction of sp³-hybridized carbons (Fsp3) is 0.111. The van der Waals surface area contributed by atoms with Crippen LogP contribution >= 0.6 is 11.3 Å². The number of thiazole rings is 1. The molecule has 6 nitrogen and oxygen atoms in total. The van der Waals surface area contributed by atoms with Crippen molar-refractivity contribution in [3.05, 3.63) is 64.4 Å². The topological polar surface area (TPSA) is 83.6 Å². The summed E-state index contributed by atoms with van der Waals surface area (Å²) in [4.78, 5) is 16.3. The van der Waals surface area contributed by atoms with Crippen LogP contribution in [0.4, 0.5) is 5.13 Å². The molecule has 0 bridgehead atoms. The number of hydrogen-bond donors (Lipinski definition) is 1. The highest BCUT2D eigenvalue weighted by atomic mass is 32.1. The van der Waals surface area contributed by atoms with Gasteiger partial charge in [-0.2, -0.15) is 10.4 Å². The highest BCUT2D eigenvalue weighted by Crippen LogP contribution is 2.21. The number of hydrogen-bond acceptors (Lipinski definition) is 5. The van der Waals surface area contributed by atoms with Gasteiger partial charge in [-0.3, -0.25) is 10.1 Å². The molecule has 0 saturated heterocycles. The molecule has 1 aromatic carbocycles. The van der Waals surface area contributed by atoms with Crippen molar-refractivity contribution in [3.8, 4) is 11.8 Å². The minimum atomic E-state index is -0.483. The molecule has 0 spiro atoms. The molecule has 2 heterocycles. The van der Waals surface area contributed by atoms with E-state index < -0.39 is 5.91 Å². The summed E-state index contributed by atoms with van der Waals surface area (Å²) in [5.41, 5.74) is 3.30. The second kappa shape index (κ2) is 7.11. The largest absolute Gasteiger partial charge is 0.297 e. The number of carbonyl (C=O) groups is 1. The quantitative estimate of drug-likeness (QED) is 0.577. The summed E-state index contributed by atoms with van der Waals surface area (Å²) in [6.45, 7) is 3.76. The lowest BCUT2D eigenvalue weighted by Crippen LogP contribution is -2.13. The molecule has 3 aromatic rings. The van der Waals surface area contributed by atoms with E-state index in [1.165, 1.54) is 11.3 Å². The lowest BCUT2D eigenvalue weighted by atomic mass is 10.1. The van der Waals surface area contributed by atoms with Crippen LogP contribution in [0.5, 0.6) is 0 Å². The number of rotatable bonds is 4. The van der Waals surface area contributed by atoms with Crippen molar-refractivity contribution in [1.82, 2.24) is 14.8 Å². The molecule has 0 aliphatic carbocycles. The number of aryl methyl sites for hydroxylation is 1. The standard InChI is InChI=1S/C18H15N5OS/c1-12-16(13(2)23(22-12)15-6-4-3-5-7-15)10-14(11-19)17(24)21-18-20-8-9-25-18/h3-10H,1-2H3,(H,20,21,24). The molecule has 0 radical (unpaired) electrons. The first-order valence-corrected chi connectivity index (χ1v) is 8.42. The fourth-order valence-electron chi connectivity index (χ4n) is 2.43. The zero-order valence-electron chi connectivity index (χ0n) is 13.7. The molecule has 124 valence electrons. The first kappa shape index (κ1) is 16.6. The summed E-state index contributed by atoms with van der Waals surface area (Å²) < 4.78 is 1.80. The van der Waals surface area contributed by atoms with Gasteiger partial charge in [-0.25, -0.2) is 9.67 Å². The predicted molar refractivity (Wildman–Crippen MR) is 97.4 cm³/mol. The van der Waals surface area contributed by atoms with Crippen LogP contribution in [0.2, 0.25) is 0 Å². The van der Waals surface area contributed by atoms with Crippen LogP contribution in [0.25, 0.3) is 11.8 Å². The monoisotopic (exact) mass is 349 g/mol. The van der Waals surface area contributed by atoms with E-state index in [0.717, 1.165) is 22.6 Å². The van der Waals surface area contributed by atoms with E-state index in [2.05, 4.69) is 15.4 Å². The Morgan fingerprint density at radius 3 is 2.72 bits per heavy atom. The van der Waals surface area contributed by atoms with Gasteiger partial charge in [-0.15, -0.1) is 11.3 Å². The third-order valence-electron chi connectivity index (χ3n) is 3.65. The lowest BCUT2D eigenvalue weighted by molar-refractivity contribution is -0.112. The maximum Gasteiger partial charge on any atom is 0.268 e.